The summed E-state index contributed by atoms with van der Waals surface area (Å²) in [6.45, 7) is -0.0287. The molecule has 1 amide bonds. The van der Waals surface area contributed by atoms with Crippen molar-refractivity contribution in [2.45, 2.75) is 37.1 Å². The van der Waals surface area contributed by atoms with E-state index in [-0.39, 0.29) is 19.1 Å². The number of nitrogens with one attached hydrogen (secondary N) is 2. The second-order valence-corrected chi connectivity index (χ2v) is 5.33. The Morgan fingerprint density at radius 1 is 1.14 bits per heavy atom. The Hall–Kier alpha value is -1.47. The number of carbonyl (C=O) groups excluding carboxylic acids is 1. The molecule has 5 N–H and O–H groups in total. The summed E-state index contributed by atoms with van der Waals surface area (Å²) in [5.74, 6) is -0.102. The largest absolute Gasteiger partial charge is 0.395 e. The topological polar surface area (TPSA) is 102 Å². The van der Waals surface area contributed by atoms with Crippen LogP contribution in [0.5, 0.6) is 0 Å². The Morgan fingerprint density at radius 3 is 2.43 bits per heavy atom. The molecule has 1 fully saturated rings. The molecule has 1 aromatic rings. The van der Waals surface area contributed by atoms with E-state index in [2.05, 4.69) is 10.6 Å². The van der Waals surface area contributed by atoms with Gasteiger partial charge in [-0.3, -0.25) is 4.79 Å². The molecule has 2 rings (SSSR count). The van der Waals surface area contributed by atoms with Crippen molar-refractivity contribution in [2.24, 2.45) is 0 Å². The normalized spacial score (nSPS) is 28.5. The number of hydrogen-bond donors (Lipinski definition) is 5. The lowest BCUT2D eigenvalue weighted by atomic mass is 10.1. The highest BCUT2D eigenvalue weighted by atomic mass is 16.3. The van der Waals surface area contributed by atoms with Gasteiger partial charge in [-0.1, -0.05) is 30.3 Å². The molecule has 6 nitrogen and oxygen atoms in total. The van der Waals surface area contributed by atoms with Crippen LogP contribution in [0.25, 0.3) is 0 Å². The smallest absolute Gasteiger partial charge is 0.220 e. The summed E-state index contributed by atoms with van der Waals surface area (Å²) in [6.07, 6.45) is -0.966. The molecule has 4 atom stereocenters. The monoisotopic (exact) mass is 294 g/mol. The van der Waals surface area contributed by atoms with Crippen LogP contribution >= 0.6 is 0 Å². The van der Waals surface area contributed by atoms with Gasteiger partial charge in [0.25, 0.3) is 0 Å². The first-order valence-electron chi connectivity index (χ1n) is 7.15. The van der Waals surface area contributed by atoms with Gasteiger partial charge in [0.05, 0.1) is 30.9 Å². The first-order chi connectivity index (χ1) is 10.1. The zero-order valence-electron chi connectivity index (χ0n) is 11.8. The predicted molar refractivity (Wildman–Crippen MR) is 77.6 cm³/mol. The van der Waals surface area contributed by atoms with E-state index in [1.807, 2.05) is 30.3 Å². The third kappa shape index (κ3) is 4.25. The third-order valence-electron chi connectivity index (χ3n) is 3.80. The number of carbonyl (C=O) groups is 1. The molecular weight excluding hydrogens is 272 g/mol. The van der Waals surface area contributed by atoms with E-state index in [1.165, 1.54) is 0 Å². The molecule has 0 radical (unpaired) electrons. The lowest BCUT2D eigenvalue weighted by molar-refractivity contribution is -0.121. The molecule has 0 unspecified atom stereocenters. The van der Waals surface area contributed by atoms with Crippen LogP contribution in [0, 0.1) is 0 Å². The van der Waals surface area contributed by atoms with Crippen LogP contribution in [0.15, 0.2) is 30.3 Å². The average Bonchev–Trinajstić information content (AvgIpc) is 2.79. The third-order valence-corrected chi connectivity index (χ3v) is 3.80. The van der Waals surface area contributed by atoms with Gasteiger partial charge in [-0.05, 0) is 12.0 Å². The van der Waals surface area contributed by atoms with Gasteiger partial charge < -0.3 is 26.0 Å². The van der Waals surface area contributed by atoms with Crippen LogP contribution in [0.4, 0.5) is 0 Å². The van der Waals surface area contributed by atoms with Crippen molar-refractivity contribution >= 4 is 5.91 Å². The summed E-state index contributed by atoms with van der Waals surface area (Å²) in [4.78, 5) is 11.8. The number of benzene rings is 1. The number of amides is 1. The molecule has 116 valence electrons. The molecule has 0 bridgehead atoms. The van der Waals surface area contributed by atoms with Crippen molar-refractivity contribution in [1.29, 1.82) is 0 Å². The number of aryl methyl sites for hydroxylation is 1. The van der Waals surface area contributed by atoms with Crippen LogP contribution in [-0.4, -0.2) is 58.7 Å². The van der Waals surface area contributed by atoms with Crippen molar-refractivity contribution in [3.05, 3.63) is 35.9 Å². The van der Waals surface area contributed by atoms with E-state index in [4.69, 9.17) is 5.11 Å². The number of aliphatic hydroxyl groups is 3. The van der Waals surface area contributed by atoms with E-state index in [0.717, 1.165) is 5.56 Å². The maximum Gasteiger partial charge on any atom is 0.220 e. The fourth-order valence-electron chi connectivity index (χ4n) is 2.50. The van der Waals surface area contributed by atoms with Gasteiger partial charge in [-0.15, -0.1) is 0 Å². The number of rotatable bonds is 6. The summed E-state index contributed by atoms with van der Waals surface area (Å²) in [5, 5.41) is 34.1. The Labute approximate surface area is 123 Å². The molecule has 0 aliphatic carbocycles. The molecule has 1 saturated heterocycles. The van der Waals surface area contributed by atoms with E-state index < -0.39 is 24.3 Å². The standard InChI is InChI=1S/C15H22N2O4/c18-9-12-15(21)14(20)11(17-12)8-16-13(19)7-6-10-4-2-1-3-5-10/h1-5,11-12,14-15,17-18,20-21H,6-9H2,(H,16,19)/t11-,12+,14+,15-/m0/s1. The van der Waals surface area contributed by atoms with Crippen molar-refractivity contribution in [3.63, 3.8) is 0 Å². The molecule has 0 saturated carbocycles. The molecule has 1 aliphatic heterocycles. The van der Waals surface area contributed by atoms with Crippen molar-refractivity contribution in [3.8, 4) is 0 Å². The molecule has 21 heavy (non-hydrogen) atoms. The van der Waals surface area contributed by atoms with Gasteiger partial charge in [0.15, 0.2) is 0 Å². The molecule has 1 heterocycles. The molecular formula is C15H22N2O4. The van der Waals surface area contributed by atoms with Gasteiger partial charge in [0.1, 0.15) is 0 Å². The van der Waals surface area contributed by atoms with Crippen LogP contribution in [0.1, 0.15) is 12.0 Å². The SMILES string of the molecule is O=C(CCc1ccccc1)NC[C@@H]1N[C@H](CO)[C@H](O)[C@@H]1O. The average molecular weight is 294 g/mol. The molecule has 0 aromatic heterocycles. The fraction of sp³-hybridized carbons (Fsp3) is 0.533. The molecule has 1 aliphatic rings. The Kier molecular flexibility index (Phi) is 5.69. The van der Waals surface area contributed by atoms with Crippen LogP contribution < -0.4 is 10.6 Å². The van der Waals surface area contributed by atoms with Crippen LogP contribution in [0.2, 0.25) is 0 Å². The molecule has 6 heteroatoms. The van der Waals surface area contributed by atoms with E-state index >= 15 is 0 Å². The van der Waals surface area contributed by atoms with Crippen molar-refractivity contribution < 1.29 is 20.1 Å². The predicted octanol–water partition coefficient (Wildman–Crippen LogP) is -1.21. The highest BCUT2D eigenvalue weighted by Gasteiger charge is 2.40. The minimum Gasteiger partial charge on any atom is -0.395 e. The van der Waals surface area contributed by atoms with Gasteiger partial charge >= 0.3 is 0 Å². The summed E-state index contributed by atoms with van der Waals surface area (Å²) >= 11 is 0. The van der Waals surface area contributed by atoms with E-state index in [0.29, 0.717) is 12.8 Å². The first kappa shape index (κ1) is 15.9. The fourth-order valence-corrected chi connectivity index (χ4v) is 2.50. The lowest BCUT2D eigenvalue weighted by Crippen LogP contribution is -2.44. The van der Waals surface area contributed by atoms with Crippen molar-refractivity contribution in [1.82, 2.24) is 10.6 Å². The summed E-state index contributed by atoms with van der Waals surface area (Å²) in [6, 6.07) is 8.74. The maximum atomic E-state index is 11.8. The number of hydrogen-bond acceptors (Lipinski definition) is 5. The Balaban J connectivity index is 1.72. The maximum absolute atomic E-state index is 11.8. The minimum atomic E-state index is -1.01. The first-order valence-corrected chi connectivity index (χ1v) is 7.15. The number of aliphatic hydroxyl groups excluding tert-OH is 3. The summed E-state index contributed by atoms with van der Waals surface area (Å²) in [7, 11) is 0. The Bertz CT molecular complexity index is 454. The zero-order chi connectivity index (χ0) is 15.2. The minimum absolute atomic E-state index is 0.102. The quantitative estimate of drug-likeness (QED) is 0.453. The Morgan fingerprint density at radius 2 is 1.81 bits per heavy atom. The second-order valence-electron chi connectivity index (χ2n) is 5.33. The van der Waals surface area contributed by atoms with E-state index in [1.54, 1.807) is 0 Å². The summed E-state index contributed by atoms with van der Waals surface area (Å²) < 4.78 is 0. The second kappa shape index (κ2) is 7.51. The molecule has 0 spiro atoms. The lowest BCUT2D eigenvalue weighted by Gasteiger charge is -2.16. The highest BCUT2D eigenvalue weighted by molar-refractivity contribution is 5.76. The summed E-state index contributed by atoms with van der Waals surface area (Å²) in [5.41, 5.74) is 1.10. The molecule has 1 aromatic carbocycles. The van der Waals surface area contributed by atoms with Gasteiger partial charge in [-0.25, -0.2) is 0 Å². The van der Waals surface area contributed by atoms with E-state index in [9.17, 15) is 15.0 Å². The van der Waals surface area contributed by atoms with Gasteiger partial charge in [0, 0.05) is 13.0 Å². The van der Waals surface area contributed by atoms with Gasteiger partial charge in [-0.2, -0.15) is 0 Å². The zero-order valence-corrected chi connectivity index (χ0v) is 11.8. The van der Waals surface area contributed by atoms with Gasteiger partial charge in [0.2, 0.25) is 5.91 Å². The van der Waals surface area contributed by atoms with Crippen LogP contribution in [-0.2, 0) is 11.2 Å². The van der Waals surface area contributed by atoms with Crippen molar-refractivity contribution in [2.75, 3.05) is 13.2 Å². The highest BCUT2D eigenvalue weighted by Crippen LogP contribution is 2.13. The van der Waals surface area contributed by atoms with Crippen LogP contribution in [0.3, 0.4) is 0 Å².